The maximum absolute atomic E-state index is 12.0. The van der Waals surface area contributed by atoms with Crippen LogP contribution in [-0.4, -0.2) is 18.7 Å². The number of carbonyl (C=O) groups is 2. The van der Waals surface area contributed by atoms with Crippen molar-refractivity contribution in [2.45, 2.75) is 32.1 Å². The van der Waals surface area contributed by atoms with Crippen LogP contribution in [0.3, 0.4) is 0 Å². The van der Waals surface area contributed by atoms with Crippen molar-refractivity contribution in [2.75, 3.05) is 7.11 Å². The predicted octanol–water partition coefficient (Wildman–Crippen LogP) is 3.03. The number of benzene rings is 1. The topological polar surface area (TPSA) is 43.4 Å². The molecule has 96 valence electrons. The second kappa shape index (κ2) is 5.80. The van der Waals surface area contributed by atoms with E-state index in [1.165, 1.54) is 0 Å². The standard InChI is InChI=1S/C15H18O3/c1-18-13-6-2-5-12(10-13)15(17)9-8-11-4-3-7-14(11)16/h2,5-6,10-11H,3-4,7-9H2,1H3. The highest BCUT2D eigenvalue weighted by Gasteiger charge is 2.24. The predicted molar refractivity (Wildman–Crippen MR) is 68.9 cm³/mol. The van der Waals surface area contributed by atoms with Crippen molar-refractivity contribution in [2.24, 2.45) is 5.92 Å². The molecule has 2 rings (SSSR count). The lowest BCUT2D eigenvalue weighted by atomic mass is 9.97. The SMILES string of the molecule is COc1cccc(C(=O)CCC2CCCC2=O)c1. The Morgan fingerprint density at radius 2 is 2.28 bits per heavy atom. The fraction of sp³-hybridized carbons (Fsp3) is 0.467. The molecule has 0 aromatic heterocycles. The molecule has 0 heterocycles. The summed E-state index contributed by atoms with van der Waals surface area (Å²) in [5.74, 6) is 1.22. The Morgan fingerprint density at radius 1 is 1.44 bits per heavy atom. The van der Waals surface area contributed by atoms with Crippen molar-refractivity contribution < 1.29 is 14.3 Å². The molecule has 1 unspecified atom stereocenters. The molecule has 1 aliphatic carbocycles. The highest BCUT2D eigenvalue weighted by Crippen LogP contribution is 2.26. The lowest BCUT2D eigenvalue weighted by Gasteiger charge is -2.07. The number of ether oxygens (including phenoxy) is 1. The number of hydrogen-bond acceptors (Lipinski definition) is 3. The van der Waals surface area contributed by atoms with Crippen molar-refractivity contribution in [3.05, 3.63) is 29.8 Å². The van der Waals surface area contributed by atoms with E-state index in [0.717, 1.165) is 12.8 Å². The molecule has 3 heteroatoms. The largest absolute Gasteiger partial charge is 0.497 e. The van der Waals surface area contributed by atoms with Crippen LogP contribution in [0.5, 0.6) is 5.75 Å². The molecule has 0 saturated heterocycles. The summed E-state index contributed by atoms with van der Waals surface area (Å²) in [7, 11) is 1.58. The summed E-state index contributed by atoms with van der Waals surface area (Å²) in [5.41, 5.74) is 0.666. The van der Waals surface area contributed by atoms with Gasteiger partial charge in [0.15, 0.2) is 5.78 Å². The Hall–Kier alpha value is -1.64. The van der Waals surface area contributed by atoms with Crippen LogP contribution in [0.2, 0.25) is 0 Å². The Morgan fingerprint density at radius 3 is 2.94 bits per heavy atom. The van der Waals surface area contributed by atoms with Crippen LogP contribution in [0.4, 0.5) is 0 Å². The van der Waals surface area contributed by atoms with Crippen molar-refractivity contribution in [1.29, 1.82) is 0 Å². The van der Waals surface area contributed by atoms with E-state index >= 15 is 0 Å². The third-order valence-electron chi connectivity index (χ3n) is 3.54. The molecule has 1 aromatic rings. The molecule has 1 aliphatic rings. The fourth-order valence-corrected chi connectivity index (χ4v) is 2.44. The van der Waals surface area contributed by atoms with Gasteiger partial charge in [0.2, 0.25) is 0 Å². The second-order valence-electron chi connectivity index (χ2n) is 4.75. The first kappa shape index (κ1) is 12.8. The van der Waals surface area contributed by atoms with E-state index in [4.69, 9.17) is 4.74 Å². The highest BCUT2D eigenvalue weighted by atomic mass is 16.5. The monoisotopic (exact) mass is 246 g/mol. The summed E-state index contributed by atoms with van der Waals surface area (Å²) in [6.07, 6.45) is 3.76. The molecule has 0 radical (unpaired) electrons. The fourth-order valence-electron chi connectivity index (χ4n) is 2.44. The molecule has 0 aliphatic heterocycles. The van der Waals surface area contributed by atoms with E-state index in [0.29, 0.717) is 36.4 Å². The van der Waals surface area contributed by atoms with Gasteiger partial charge in [0.25, 0.3) is 0 Å². The van der Waals surface area contributed by atoms with Crippen LogP contribution in [0, 0.1) is 5.92 Å². The minimum absolute atomic E-state index is 0.0913. The first-order valence-corrected chi connectivity index (χ1v) is 6.40. The van der Waals surface area contributed by atoms with E-state index < -0.39 is 0 Å². The van der Waals surface area contributed by atoms with Gasteiger partial charge in [-0.1, -0.05) is 12.1 Å². The van der Waals surface area contributed by atoms with E-state index in [9.17, 15) is 9.59 Å². The zero-order valence-electron chi connectivity index (χ0n) is 10.6. The number of ketones is 2. The zero-order chi connectivity index (χ0) is 13.0. The molecule has 1 aromatic carbocycles. The Labute approximate surface area is 107 Å². The van der Waals surface area contributed by atoms with E-state index in [1.807, 2.05) is 12.1 Å². The van der Waals surface area contributed by atoms with Crippen molar-refractivity contribution >= 4 is 11.6 Å². The quantitative estimate of drug-likeness (QED) is 0.750. The van der Waals surface area contributed by atoms with Crippen LogP contribution in [-0.2, 0) is 4.79 Å². The van der Waals surface area contributed by atoms with Crippen molar-refractivity contribution in [1.82, 2.24) is 0 Å². The smallest absolute Gasteiger partial charge is 0.163 e. The molecule has 18 heavy (non-hydrogen) atoms. The van der Waals surface area contributed by atoms with Gasteiger partial charge < -0.3 is 4.74 Å². The summed E-state index contributed by atoms with van der Waals surface area (Å²) >= 11 is 0. The van der Waals surface area contributed by atoms with Gasteiger partial charge in [0.1, 0.15) is 11.5 Å². The van der Waals surface area contributed by atoms with Gasteiger partial charge in [-0.2, -0.15) is 0 Å². The summed E-state index contributed by atoms with van der Waals surface area (Å²) in [6.45, 7) is 0. The van der Waals surface area contributed by atoms with Gasteiger partial charge in [-0.3, -0.25) is 9.59 Å². The molecule has 1 saturated carbocycles. The molecule has 1 fully saturated rings. The Balaban J connectivity index is 1.92. The molecule has 0 N–H and O–H groups in total. The number of methoxy groups -OCH3 is 1. The first-order chi connectivity index (χ1) is 8.70. The van der Waals surface area contributed by atoms with Gasteiger partial charge in [0, 0.05) is 24.3 Å². The van der Waals surface area contributed by atoms with E-state index in [2.05, 4.69) is 0 Å². The van der Waals surface area contributed by atoms with Crippen LogP contribution >= 0.6 is 0 Å². The van der Waals surface area contributed by atoms with Crippen molar-refractivity contribution in [3.63, 3.8) is 0 Å². The van der Waals surface area contributed by atoms with Crippen LogP contribution in [0.1, 0.15) is 42.5 Å². The molecule has 0 amide bonds. The normalized spacial score (nSPS) is 18.9. The highest BCUT2D eigenvalue weighted by molar-refractivity contribution is 5.96. The molecule has 1 atom stereocenters. The minimum Gasteiger partial charge on any atom is -0.497 e. The average molecular weight is 246 g/mol. The summed E-state index contributed by atoms with van der Waals surface area (Å²) in [5, 5.41) is 0. The summed E-state index contributed by atoms with van der Waals surface area (Å²) in [4.78, 5) is 23.5. The van der Waals surface area contributed by atoms with Gasteiger partial charge in [-0.05, 0) is 31.4 Å². The third kappa shape index (κ3) is 2.97. The average Bonchev–Trinajstić information content (AvgIpc) is 2.81. The molecule has 0 spiro atoms. The maximum Gasteiger partial charge on any atom is 0.163 e. The number of Topliss-reactive ketones (excluding diaryl/α,β-unsaturated/α-hetero) is 2. The Kier molecular flexibility index (Phi) is 4.13. The van der Waals surface area contributed by atoms with E-state index in [-0.39, 0.29) is 11.7 Å². The second-order valence-corrected chi connectivity index (χ2v) is 4.75. The Bertz CT molecular complexity index is 451. The third-order valence-corrected chi connectivity index (χ3v) is 3.54. The summed E-state index contributed by atoms with van der Waals surface area (Å²) in [6, 6.07) is 7.17. The van der Waals surface area contributed by atoms with Gasteiger partial charge in [0.05, 0.1) is 7.11 Å². The van der Waals surface area contributed by atoms with Gasteiger partial charge in [-0.25, -0.2) is 0 Å². The van der Waals surface area contributed by atoms with Crippen LogP contribution < -0.4 is 4.74 Å². The lowest BCUT2D eigenvalue weighted by Crippen LogP contribution is -2.09. The molecular formula is C15H18O3. The molecule has 0 bridgehead atoms. The first-order valence-electron chi connectivity index (χ1n) is 6.40. The van der Waals surface area contributed by atoms with Gasteiger partial charge in [-0.15, -0.1) is 0 Å². The number of carbonyl (C=O) groups excluding carboxylic acids is 2. The maximum atomic E-state index is 12.0. The van der Waals surface area contributed by atoms with Crippen LogP contribution in [0.15, 0.2) is 24.3 Å². The lowest BCUT2D eigenvalue weighted by molar-refractivity contribution is -0.120. The van der Waals surface area contributed by atoms with Crippen LogP contribution in [0.25, 0.3) is 0 Å². The number of rotatable bonds is 5. The van der Waals surface area contributed by atoms with Gasteiger partial charge >= 0.3 is 0 Å². The van der Waals surface area contributed by atoms with Crippen molar-refractivity contribution in [3.8, 4) is 5.75 Å². The zero-order valence-corrected chi connectivity index (χ0v) is 10.6. The van der Waals surface area contributed by atoms with E-state index in [1.54, 1.807) is 19.2 Å². The molecule has 3 nitrogen and oxygen atoms in total. The minimum atomic E-state index is 0.0913. The molecular weight excluding hydrogens is 228 g/mol. The number of hydrogen-bond donors (Lipinski definition) is 0. The summed E-state index contributed by atoms with van der Waals surface area (Å²) < 4.78 is 5.09.